The van der Waals surface area contributed by atoms with E-state index in [9.17, 15) is 0 Å². The summed E-state index contributed by atoms with van der Waals surface area (Å²) < 4.78 is 5.34. The molecule has 2 rings (SSSR count). The minimum atomic E-state index is 0.781. The van der Waals surface area contributed by atoms with E-state index in [2.05, 4.69) is 18.2 Å². The van der Waals surface area contributed by atoms with Crippen molar-refractivity contribution in [1.29, 1.82) is 0 Å². The zero-order valence-corrected chi connectivity index (χ0v) is 8.20. The molecule has 2 heteroatoms. The quantitative estimate of drug-likeness (QED) is 0.751. The van der Waals surface area contributed by atoms with Crippen molar-refractivity contribution in [3.05, 3.63) is 36.1 Å². The Kier molecular flexibility index (Phi) is 2.84. The van der Waals surface area contributed by atoms with Gasteiger partial charge in [0, 0.05) is 5.39 Å². The maximum Gasteiger partial charge on any atom is 0.134 e. The highest BCUT2D eigenvalue weighted by Crippen LogP contribution is 2.17. The molecule has 0 amide bonds. The minimum absolute atomic E-state index is 0.781. The number of fused-ring (bicyclic) bond motifs is 1. The third-order valence-electron chi connectivity index (χ3n) is 2.44. The fourth-order valence-corrected chi connectivity index (χ4v) is 1.63. The van der Waals surface area contributed by atoms with E-state index in [1.807, 2.05) is 6.07 Å². The minimum Gasteiger partial charge on any atom is -0.464 e. The summed E-state index contributed by atoms with van der Waals surface area (Å²) in [5.74, 6) is 0. The van der Waals surface area contributed by atoms with Crippen LogP contribution in [0.4, 0.5) is 0 Å². The Labute approximate surface area is 83.7 Å². The van der Waals surface area contributed by atoms with Crippen LogP contribution in [0.1, 0.15) is 18.4 Å². The van der Waals surface area contributed by atoms with Crippen LogP contribution in [0.15, 0.2) is 34.9 Å². The zero-order chi connectivity index (χ0) is 9.80. The SMILES string of the molecule is NCCCCc1ccc2ccoc2c1. The highest BCUT2D eigenvalue weighted by atomic mass is 16.3. The summed E-state index contributed by atoms with van der Waals surface area (Å²) >= 11 is 0. The molecule has 2 nitrogen and oxygen atoms in total. The Morgan fingerprint density at radius 2 is 2.07 bits per heavy atom. The molecule has 0 aliphatic heterocycles. The second-order valence-electron chi connectivity index (χ2n) is 3.54. The molecule has 0 unspecified atom stereocenters. The summed E-state index contributed by atoms with van der Waals surface area (Å²) in [6.07, 6.45) is 5.07. The van der Waals surface area contributed by atoms with Gasteiger partial charge in [-0.05, 0) is 43.5 Å². The molecule has 0 atom stereocenters. The van der Waals surface area contributed by atoms with E-state index in [1.165, 1.54) is 10.9 Å². The average molecular weight is 189 g/mol. The predicted molar refractivity (Wildman–Crippen MR) is 58.2 cm³/mol. The van der Waals surface area contributed by atoms with Crippen molar-refractivity contribution in [1.82, 2.24) is 0 Å². The molecule has 0 bridgehead atoms. The molecule has 0 aliphatic carbocycles. The standard InChI is InChI=1S/C12H15NO/c13-7-2-1-3-10-4-5-11-6-8-14-12(11)9-10/h4-6,8-9H,1-3,7,13H2. The molecule has 2 aromatic rings. The highest BCUT2D eigenvalue weighted by molar-refractivity contribution is 5.77. The van der Waals surface area contributed by atoms with Gasteiger partial charge in [-0.1, -0.05) is 12.1 Å². The second-order valence-corrected chi connectivity index (χ2v) is 3.54. The maximum absolute atomic E-state index is 5.45. The lowest BCUT2D eigenvalue weighted by Gasteiger charge is -1.99. The fourth-order valence-electron chi connectivity index (χ4n) is 1.63. The molecule has 0 radical (unpaired) electrons. The summed E-state index contributed by atoms with van der Waals surface area (Å²) in [6, 6.07) is 8.37. The van der Waals surface area contributed by atoms with Gasteiger partial charge in [0.1, 0.15) is 5.58 Å². The number of furan rings is 1. The van der Waals surface area contributed by atoms with Crippen LogP contribution < -0.4 is 5.73 Å². The molecule has 0 fully saturated rings. The summed E-state index contributed by atoms with van der Waals surface area (Å²) in [5, 5.41) is 1.17. The fraction of sp³-hybridized carbons (Fsp3) is 0.333. The first-order valence-electron chi connectivity index (χ1n) is 5.06. The lowest BCUT2D eigenvalue weighted by molar-refractivity contribution is 0.615. The van der Waals surface area contributed by atoms with Gasteiger partial charge in [0.2, 0.25) is 0 Å². The van der Waals surface area contributed by atoms with Gasteiger partial charge in [-0.3, -0.25) is 0 Å². The van der Waals surface area contributed by atoms with Crippen molar-refractivity contribution in [3.63, 3.8) is 0 Å². The zero-order valence-electron chi connectivity index (χ0n) is 8.20. The lowest BCUT2D eigenvalue weighted by atomic mass is 10.1. The van der Waals surface area contributed by atoms with Crippen molar-refractivity contribution >= 4 is 11.0 Å². The Bertz CT molecular complexity index is 405. The number of rotatable bonds is 4. The number of hydrogen-bond acceptors (Lipinski definition) is 2. The monoisotopic (exact) mass is 189 g/mol. The van der Waals surface area contributed by atoms with Crippen LogP contribution in [-0.4, -0.2) is 6.54 Å². The van der Waals surface area contributed by atoms with E-state index < -0.39 is 0 Å². The third-order valence-corrected chi connectivity index (χ3v) is 2.44. The van der Waals surface area contributed by atoms with Gasteiger partial charge in [-0.25, -0.2) is 0 Å². The molecular formula is C12H15NO. The summed E-state index contributed by atoms with van der Waals surface area (Å²) in [6.45, 7) is 0.781. The van der Waals surface area contributed by atoms with Gasteiger partial charge in [0.05, 0.1) is 6.26 Å². The Balaban J connectivity index is 2.10. The molecule has 1 aromatic heterocycles. The number of benzene rings is 1. The summed E-state index contributed by atoms with van der Waals surface area (Å²) in [4.78, 5) is 0. The molecule has 2 N–H and O–H groups in total. The van der Waals surface area contributed by atoms with Crippen LogP contribution in [0.25, 0.3) is 11.0 Å². The van der Waals surface area contributed by atoms with Crippen molar-refractivity contribution in [2.24, 2.45) is 5.73 Å². The van der Waals surface area contributed by atoms with Gasteiger partial charge in [-0.2, -0.15) is 0 Å². The van der Waals surface area contributed by atoms with E-state index in [-0.39, 0.29) is 0 Å². The van der Waals surface area contributed by atoms with Crippen molar-refractivity contribution in [3.8, 4) is 0 Å². The molecule has 0 saturated heterocycles. The van der Waals surface area contributed by atoms with Crippen LogP contribution in [0.3, 0.4) is 0 Å². The van der Waals surface area contributed by atoms with Gasteiger partial charge in [0.15, 0.2) is 0 Å². The van der Waals surface area contributed by atoms with Gasteiger partial charge in [0.25, 0.3) is 0 Å². The topological polar surface area (TPSA) is 39.2 Å². The van der Waals surface area contributed by atoms with Crippen molar-refractivity contribution < 1.29 is 4.42 Å². The molecular weight excluding hydrogens is 174 g/mol. The van der Waals surface area contributed by atoms with E-state index >= 15 is 0 Å². The van der Waals surface area contributed by atoms with Crippen LogP contribution in [0.2, 0.25) is 0 Å². The van der Waals surface area contributed by atoms with E-state index in [4.69, 9.17) is 10.2 Å². The first-order chi connectivity index (χ1) is 6.90. The molecule has 14 heavy (non-hydrogen) atoms. The van der Waals surface area contributed by atoms with Gasteiger partial charge in [-0.15, -0.1) is 0 Å². The van der Waals surface area contributed by atoms with Crippen molar-refractivity contribution in [2.75, 3.05) is 6.54 Å². The number of nitrogens with two attached hydrogens (primary N) is 1. The van der Waals surface area contributed by atoms with Gasteiger partial charge < -0.3 is 10.2 Å². The molecule has 0 saturated carbocycles. The van der Waals surface area contributed by atoms with Crippen LogP contribution in [-0.2, 0) is 6.42 Å². The van der Waals surface area contributed by atoms with Crippen LogP contribution in [0, 0.1) is 0 Å². The molecule has 1 heterocycles. The molecule has 1 aromatic carbocycles. The number of unbranched alkanes of at least 4 members (excludes halogenated alkanes) is 1. The number of hydrogen-bond donors (Lipinski definition) is 1. The van der Waals surface area contributed by atoms with E-state index in [0.717, 1.165) is 31.4 Å². The smallest absolute Gasteiger partial charge is 0.134 e. The highest BCUT2D eigenvalue weighted by Gasteiger charge is 1.98. The van der Waals surface area contributed by atoms with Crippen LogP contribution >= 0.6 is 0 Å². The average Bonchev–Trinajstić information content (AvgIpc) is 2.65. The summed E-state index contributed by atoms with van der Waals surface area (Å²) in [7, 11) is 0. The Morgan fingerprint density at radius 1 is 1.14 bits per heavy atom. The van der Waals surface area contributed by atoms with Crippen LogP contribution in [0.5, 0.6) is 0 Å². The second kappa shape index (κ2) is 4.29. The predicted octanol–water partition coefficient (Wildman–Crippen LogP) is 2.71. The normalized spacial score (nSPS) is 10.9. The maximum atomic E-state index is 5.45. The Hall–Kier alpha value is -1.28. The molecule has 0 spiro atoms. The summed E-state index contributed by atoms with van der Waals surface area (Å²) in [5.41, 5.74) is 7.76. The number of aryl methyl sites for hydroxylation is 1. The molecule has 0 aliphatic rings. The largest absolute Gasteiger partial charge is 0.464 e. The van der Waals surface area contributed by atoms with E-state index in [1.54, 1.807) is 6.26 Å². The van der Waals surface area contributed by atoms with E-state index in [0.29, 0.717) is 0 Å². The van der Waals surface area contributed by atoms with Crippen molar-refractivity contribution in [2.45, 2.75) is 19.3 Å². The lowest BCUT2D eigenvalue weighted by Crippen LogP contribution is -1.98. The first-order valence-corrected chi connectivity index (χ1v) is 5.06. The first kappa shape index (κ1) is 9.28. The molecule has 74 valence electrons. The third kappa shape index (κ3) is 1.96. The Morgan fingerprint density at radius 3 is 2.93 bits per heavy atom. The van der Waals surface area contributed by atoms with Gasteiger partial charge >= 0.3 is 0 Å².